The average molecular weight is 303 g/mol. The Morgan fingerprint density at radius 3 is 2.73 bits per heavy atom. The Morgan fingerprint density at radius 2 is 2.05 bits per heavy atom. The Bertz CT molecular complexity index is 711. The summed E-state index contributed by atoms with van der Waals surface area (Å²) in [5, 5.41) is 3.82. The van der Waals surface area contributed by atoms with Crippen LogP contribution in [0.4, 0.5) is 4.39 Å². The predicted molar refractivity (Wildman–Crippen MR) is 75.1 cm³/mol. The molecule has 1 fully saturated rings. The quantitative estimate of drug-likeness (QED) is 0.932. The Balaban J connectivity index is 1.82. The molecule has 1 saturated heterocycles. The second-order valence-corrected chi connectivity index (χ2v) is 5.14. The molecule has 2 aromatic rings. The average Bonchev–Trinajstić information content (AvgIpc) is 3.17. The summed E-state index contributed by atoms with van der Waals surface area (Å²) in [4.78, 5) is 25.1. The number of hydrogen-bond donors (Lipinski definition) is 1. The van der Waals surface area contributed by atoms with E-state index in [0.29, 0.717) is 24.2 Å². The van der Waals surface area contributed by atoms with E-state index in [-0.39, 0.29) is 11.6 Å². The molecule has 0 unspecified atom stereocenters. The highest BCUT2D eigenvalue weighted by atomic mass is 19.1. The van der Waals surface area contributed by atoms with Gasteiger partial charge in [0.2, 0.25) is 11.7 Å². The molecular weight excluding hydrogens is 289 g/mol. The number of carbonyl (C=O) groups excluding carboxylic acids is 2. The summed E-state index contributed by atoms with van der Waals surface area (Å²) in [5.74, 6) is -1.26. The van der Waals surface area contributed by atoms with Crippen molar-refractivity contribution >= 4 is 11.8 Å². The van der Waals surface area contributed by atoms with Crippen molar-refractivity contribution in [3.63, 3.8) is 0 Å². The molecule has 2 heterocycles. The van der Waals surface area contributed by atoms with Crippen LogP contribution in [0.25, 0.3) is 11.3 Å². The van der Waals surface area contributed by atoms with E-state index in [1.165, 1.54) is 23.1 Å². The van der Waals surface area contributed by atoms with Crippen LogP contribution in [-0.2, 0) is 4.79 Å². The number of nitrogens with zero attached hydrogens (tertiary/aromatic N) is 2. The molecule has 3 rings (SSSR count). The van der Waals surface area contributed by atoms with Gasteiger partial charge in [0.05, 0.1) is 0 Å². The largest absolute Gasteiger partial charge is 0.368 e. The zero-order valence-corrected chi connectivity index (χ0v) is 11.7. The molecule has 1 aromatic heterocycles. The first-order chi connectivity index (χ1) is 10.6. The molecule has 6 nitrogen and oxygen atoms in total. The third-order valence-electron chi connectivity index (χ3n) is 3.70. The van der Waals surface area contributed by atoms with E-state index in [1.54, 1.807) is 12.1 Å². The van der Waals surface area contributed by atoms with Crippen LogP contribution in [0.15, 0.2) is 34.9 Å². The van der Waals surface area contributed by atoms with Crippen LogP contribution >= 0.6 is 0 Å². The number of rotatable bonds is 3. The summed E-state index contributed by atoms with van der Waals surface area (Å²) in [5.41, 5.74) is 6.36. The number of likely N-dealkylation sites (tertiary alicyclic amines) is 1. The third kappa shape index (κ3) is 2.57. The minimum Gasteiger partial charge on any atom is -0.368 e. The monoisotopic (exact) mass is 303 g/mol. The fourth-order valence-corrected chi connectivity index (χ4v) is 2.58. The van der Waals surface area contributed by atoms with Crippen molar-refractivity contribution in [1.82, 2.24) is 10.1 Å². The molecule has 7 heteroatoms. The maximum absolute atomic E-state index is 12.9. The van der Waals surface area contributed by atoms with Crippen molar-refractivity contribution in [1.29, 1.82) is 0 Å². The molecule has 114 valence electrons. The molecule has 1 aliphatic heterocycles. The van der Waals surface area contributed by atoms with E-state index in [2.05, 4.69) is 5.16 Å². The highest BCUT2D eigenvalue weighted by Crippen LogP contribution is 2.23. The lowest BCUT2D eigenvalue weighted by atomic mass is 10.1. The highest BCUT2D eigenvalue weighted by molar-refractivity contribution is 5.96. The molecule has 0 radical (unpaired) electrons. The van der Waals surface area contributed by atoms with E-state index in [1.807, 2.05) is 0 Å². The number of hydrogen-bond acceptors (Lipinski definition) is 4. The maximum atomic E-state index is 12.9. The molecule has 1 aromatic carbocycles. The highest BCUT2D eigenvalue weighted by Gasteiger charge is 2.34. The van der Waals surface area contributed by atoms with Gasteiger partial charge in [0.15, 0.2) is 0 Å². The van der Waals surface area contributed by atoms with Gasteiger partial charge in [0, 0.05) is 18.2 Å². The lowest BCUT2D eigenvalue weighted by molar-refractivity contribution is -0.121. The van der Waals surface area contributed by atoms with Crippen molar-refractivity contribution in [3.05, 3.63) is 41.9 Å². The molecule has 0 bridgehead atoms. The van der Waals surface area contributed by atoms with E-state index in [9.17, 15) is 14.0 Å². The summed E-state index contributed by atoms with van der Waals surface area (Å²) in [7, 11) is 0. The second kappa shape index (κ2) is 5.59. The van der Waals surface area contributed by atoms with Gasteiger partial charge < -0.3 is 15.2 Å². The Morgan fingerprint density at radius 1 is 1.32 bits per heavy atom. The van der Waals surface area contributed by atoms with E-state index < -0.39 is 17.9 Å². The number of amides is 2. The number of nitrogens with two attached hydrogens (primary N) is 1. The van der Waals surface area contributed by atoms with E-state index in [4.69, 9.17) is 10.3 Å². The molecule has 0 aliphatic carbocycles. The fourth-order valence-electron chi connectivity index (χ4n) is 2.58. The number of primary amides is 1. The van der Waals surface area contributed by atoms with Gasteiger partial charge in [0.25, 0.3) is 5.91 Å². The number of benzene rings is 1. The number of halogens is 1. The second-order valence-electron chi connectivity index (χ2n) is 5.14. The Hall–Kier alpha value is -2.70. The van der Waals surface area contributed by atoms with Gasteiger partial charge in [-0.25, -0.2) is 4.39 Å². The minimum atomic E-state index is -0.605. The first-order valence-electron chi connectivity index (χ1n) is 6.89. The van der Waals surface area contributed by atoms with Crippen molar-refractivity contribution in [2.24, 2.45) is 5.73 Å². The van der Waals surface area contributed by atoms with E-state index in [0.717, 1.165) is 6.42 Å². The first kappa shape index (κ1) is 14.2. The molecule has 2 N–H and O–H groups in total. The van der Waals surface area contributed by atoms with Gasteiger partial charge in [-0.05, 0) is 37.1 Å². The van der Waals surface area contributed by atoms with Crippen LogP contribution in [0.5, 0.6) is 0 Å². The molecule has 1 atom stereocenters. The summed E-state index contributed by atoms with van der Waals surface area (Å²) < 4.78 is 18.0. The number of aromatic nitrogens is 1. The number of carbonyl (C=O) groups is 2. The van der Waals surface area contributed by atoms with Gasteiger partial charge >= 0.3 is 0 Å². The summed E-state index contributed by atoms with van der Waals surface area (Å²) in [6.07, 6.45) is 1.28. The Kier molecular flexibility index (Phi) is 3.62. The van der Waals surface area contributed by atoms with E-state index >= 15 is 0 Å². The minimum absolute atomic E-state index is 0.0347. The molecule has 22 heavy (non-hydrogen) atoms. The molecule has 0 spiro atoms. The molecule has 0 saturated carbocycles. The molecule has 2 amide bonds. The lowest BCUT2D eigenvalue weighted by Crippen LogP contribution is -2.43. The lowest BCUT2D eigenvalue weighted by Gasteiger charge is -2.20. The molecular formula is C15H14FN3O3. The van der Waals surface area contributed by atoms with Crippen molar-refractivity contribution in [2.45, 2.75) is 18.9 Å². The van der Waals surface area contributed by atoms with Crippen LogP contribution in [0.2, 0.25) is 0 Å². The van der Waals surface area contributed by atoms with Gasteiger partial charge in [-0.15, -0.1) is 0 Å². The Labute approximate surface area is 125 Å². The maximum Gasteiger partial charge on any atom is 0.293 e. The summed E-state index contributed by atoms with van der Waals surface area (Å²) >= 11 is 0. The van der Waals surface area contributed by atoms with Crippen LogP contribution in [0, 0.1) is 5.82 Å². The standard InChI is InChI=1S/C15H14FN3O3/c16-10-5-3-9(4-6-10)11-8-13(22-18-11)15(21)19-7-1-2-12(19)14(17)20/h3-6,8,12H,1-2,7H2,(H2,17,20)/t12-/m0/s1. The summed E-state index contributed by atoms with van der Waals surface area (Å²) in [6.45, 7) is 0.457. The molecule has 1 aliphatic rings. The van der Waals surface area contributed by atoms with Crippen molar-refractivity contribution in [2.75, 3.05) is 6.54 Å². The van der Waals surface area contributed by atoms with Gasteiger partial charge in [0.1, 0.15) is 17.6 Å². The van der Waals surface area contributed by atoms with Crippen LogP contribution in [-0.4, -0.2) is 34.5 Å². The smallest absolute Gasteiger partial charge is 0.293 e. The topological polar surface area (TPSA) is 89.4 Å². The normalized spacial score (nSPS) is 17.7. The SMILES string of the molecule is NC(=O)[C@@H]1CCCN1C(=O)c1cc(-c2ccc(F)cc2)no1. The zero-order valence-electron chi connectivity index (χ0n) is 11.7. The summed E-state index contributed by atoms with van der Waals surface area (Å²) in [6, 6.07) is 6.57. The third-order valence-corrected chi connectivity index (χ3v) is 3.70. The van der Waals surface area contributed by atoms with Crippen molar-refractivity contribution < 1.29 is 18.5 Å². The van der Waals surface area contributed by atoms with Crippen molar-refractivity contribution in [3.8, 4) is 11.3 Å². The first-order valence-corrected chi connectivity index (χ1v) is 6.89. The van der Waals surface area contributed by atoms with Crippen LogP contribution in [0.3, 0.4) is 0 Å². The van der Waals surface area contributed by atoms with Gasteiger partial charge in [-0.1, -0.05) is 5.16 Å². The van der Waals surface area contributed by atoms with Crippen LogP contribution < -0.4 is 5.73 Å². The van der Waals surface area contributed by atoms with Crippen LogP contribution in [0.1, 0.15) is 23.4 Å². The van der Waals surface area contributed by atoms with Gasteiger partial charge in [-0.2, -0.15) is 0 Å². The van der Waals surface area contributed by atoms with Gasteiger partial charge in [-0.3, -0.25) is 9.59 Å². The fraction of sp³-hybridized carbons (Fsp3) is 0.267. The zero-order chi connectivity index (χ0) is 15.7. The predicted octanol–water partition coefficient (Wildman–Crippen LogP) is 1.57.